The maximum absolute atomic E-state index is 12.2. The molecule has 0 aliphatic carbocycles. The Morgan fingerprint density at radius 2 is 1.82 bits per heavy atom. The third kappa shape index (κ3) is 4.56. The van der Waals surface area contributed by atoms with Gasteiger partial charge in [0.15, 0.2) is 5.82 Å². The number of anilines is 1. The average Bonchev–Trinajstić information content (AvgIpc) is 2.96. The van der Waals surface area contributed by atoms with Gasteiger partial charge in [-0.15, -0.1) is 22.0 Å². The quantitative estimate of drug-likeness (QED) is 0.595. The summed E-state index contributed by atoms with van der Waals surface area (Å²) in [5.74, 6) is 2.29. The van der Waals surface area contributed by atoms with Crippen LogP contribution in [0.4, 0.5) is 5.69 Å². The third-order valence-electron chi connectivity index (χ3n) is 4.72. The Balaban J connectivity index is 1.37. The van der Waals surface area contributed by atoms with Gasteiger partial charge in [-0.05, 0) is 61.4 Å². The average molecular weight is 413 g/mol. The van der Waals surface area contributed by atoms with Crippen molar-refractivity contribution in [1.29, 1.82) is 0 Å². The minimum Gasteiger partial charge on any atom is -0.325 e. The van der Waals surface area contributed by atoms with Crippen LogP contribution in [0.1, 0.15) is 25.1 Å². The summed E-state index contributed by atoms with van der Waals surface area (Å²) in [6, 6.07) is 15.3. The first-order chi connectivity index (χ1) is 13.7. The summed E-state index contributed by atoms with van der Waals surface area (Å²) in [6.45, 7) is 0.970. The highest BCUT2D eigenvalue weighted by Crippen LogP contribution is 2.24. The highest BCUT2D eigenvalue weighted by atomic mass is 35.5. The summed E-state index contributed by atoms with van der Waals surface area (Å²) in [5.41, 5.74) is 1.80. The van der Waals surface area contributed by atoms with E-state index in [-0.39, 0.29) is 5.91 Å². The summed E-state index contributed by atoms with van der Waals surface area (Å²) in [6.07, 6.45) is 4.57. The van der Waals surface area contributed by atoms with Gasteiger partial charge < -0.3 is 9.88 Å². The zero-order valence-electron chi connectivity index (χ0n) is 15.4. The monoisotopic (exact) mass is 412 g/mol. The molecule has 0 unspecified atom stereocenters. The molecule has 3 aromatic rings. The molecule has 0 radical (unpaired) electrons. The number of carbonyl (C=O) groups excluding carboxylic acids is 1. The molecule has 1 amide bonds. The lowest BCUT2D eigenvalue weighted by Gasteiger charge is -2.09. The molecule has 2 aromatic carbocycles. The van der Waals surface area contributed by atoms with Crippen LogP contribution in [0.5, 0.6) is 0 Å². The van der Waals surface area contributed by atoms with Crippen molar-refractivity contribution >= 4 is 35.0 Å². The zero-order valence-corrected chi connectivity index (χ0v) is 17.0. The number of nitrogens with one attached hydrogen (secondary N) is 1. The molecule has 4 rings (SSSR count). The fraction of sp³-hybridized carbons (Fsp3) is 0.286. The van der Waals surface area contributed by atoms with Gasteiger partial charge in [-0.2, -0.15) is 0 Å². The fourth-order valence-electron chi connectivity index (χ4n) is 3.28. The minimum absolute atomic E-state index is 0.0379. The number of fused-ring (bicyclic) bond motifs is 1. The van der Waals surface area contributed by atoms with Gasteiger partial charge in [-0.25, -0.2) is 0 Å². The highest BCUT2D eigenvalue weighted by molar-refractivity contribution is 8.00. The van der Waals surface area contributed by atoms with Crippen LogP contribution in [-0.4, -0.2) is 26.4 Å². The van der Waals surface area contributed by atoms with Crippen molar-refractivity contribution in [3.63, 3.8) is 0 Å². The van der Waals surface area contributed by atoms with Gasteiger partial charge in [-0.3, -0.25) is 4.79 Å². The molecule has 1 N–H and O–H groups in total. The van der Waals surface area contributed by atoms with Crippen LogP contribution in [-0.2, 0) is 17.8 Å². The zero-order chi connectivity index (χ0) is 19.3. The van der Waals surface area contributed by atoms with Crippen LogP contribution < -0.4 is 5.32 Å². The standard InChI is InChI=1S/C21H21ClN4OS/c22-16-7-11-18(12-8-16)28-14-20(27)23-17-9-5-15(6-10-17)21-25-24-19-4-2-1-3-13-26(19)21/h5-12H,1-4,13-14H2,(H,23,27). The number of nitrogens with zero attached hydrogens (tertiary/aromatic N) is 3. The number of aromatic nitrogens is 3. The lowest BCUT2D eigenvalue weighted by molar-refractivity contribution is -0.113. The molecule has 1 aromatic heterocycles. The van der Waals surface area contributed by atoms with E-state index in [1.165, 1.54) is 24.6 Å². The van der Waals surface area contributed by atoms with Crippen molar-refractivity contribution in [3.05, 3.63) is 59.4 Å². The van der Waals surface area contributed by atoms with E-state index in [2.05, 4.69) is 20.1 Å². The number of thioether (sulfide) groups is 1. The number of halogens is 1. The number of amides is 1. The third-order valence-corrected chi connectivity index (χ3v) is 5.98. The largest absolute Gasteiger partial charge is 0.325 e. The number of carbonyl (C=O) groups is 1. The number of hydrogen-bond donors (Lipinski definition) is 1. The Hall–Kier alpha value is -2.31. The van der Waals surface area contributed by atoms with Gasteiger partial charge in [0.25, 0.3) is 0 Å². The van der Waals surface area contributed by atoms with Gasteiger partial charge in [-0.1, -0.05) is 18.0 Å². The predicted octanol–water partition coefficient (Wildman–Crippen LogP) is 5.06. The maximum atomic E-state index is 12.2. The van der Waals surface area contributed by atoms with Crippen LogP contribution in [0, 0.1) is 0 Å². The summed E-state index contributed by atoms with van der Waals surface area (Å²) in [5, 5.41) is 12.4. The van der Waals surface area contributed by atoms with Crippen LogP contribution in [0.15, 0.2) is 53.4 Å². The smallest absolute Gasteiger partial charge is 0.234 e. The topological polar surface area (TPSA) is 59.8 Å². The molecule has 5 nitrogen and oxygen atoms in total. The van der Waals surface area contributed by atoms with E-state index < -0.39 is 0 Å². The Labute approximate surface area is 173 Å². The Bertz CT molecular complexity index is 954. The van der Waals surface area contributed by atoms with Crippen molar-refractivity contribution in [2.24, 2.45) is 0 Å². The number of aryl methyl sites for hydroxylation is 1. The molecule has 0 atom stereocenters. The first kappa shape index (κ1) is 19.0. The molecule has 0 saturated heterocycles. The fourth-order valence-corrected chi connectivity index (χ4v) is 4.10. The van der Waals surface area contributed by atoms with E-state index in [9.17, 15) is 4.79 Å². The van der Waals surface area contributed by atoms with Crippen molar-refractivity contribution in [2.45, 2.75) is 37.1 Å². The van der Waals surface area contributed by atoms with Crippen molar-refractivity contribution in [1.82, 2.24) is 14.8 Å². The van der Waals surface area contributed by atoms with Gasteiger partial charge in [0.05, 0.1) is 5.75 Å². The van der Waals surface area contributed by atoms with Crippen molar-refractivity contribution < 1.29 is 4.79 Å². The maximum Gasteiger partial charge on any atom is 0.234 e. The Morgan fingerprint density at radius 3 is 2.61 bits per heavy atom. The van der Waals surface area contributed by atoms with E-state index in [4.69, 9.17) is 11.6 Å². The normalized spacial score (nSPS) is 13.6. The molecule has 0 bridgehead atoms. The first-order valence-electron chi connectivity index (χ1n) is 9.40. The summed E-state index contributed by atoms with van der Waals surface area (Å²) < 4.78 is 2.23. The molecule has 144 valence electrons. The number of hydrogen-bond acceptors (Lipinski definition) is 4. The molecule has 2 heterocycles. The number of benzene rings is 2. The van der Waals surface area contributed by atoms with Gasteiger partial charge in [0, 0.05) is 34.1 Å². The molecule has 0 saturated carbocycles. The second-order valence-electron chi connectivity index (χ2n) is 6.77. The summed E-state index contributed by atoms with van der Waals surface area (Å²) >= 11 is 7.36. The van der Waals surface area contributed by atoms with Crippen molar-refractivity contribution in [2.75, 3.05) is 11.1 Å². The second kappa shape index (κ2) is 8.80. The Morgan fingerprint density at radius 1 is 1.04 bits per heavy atom. The lowest BCUT2D eigenvalue weighted by Crippen LogP contribution is -2.13. The molecule has 0 spiro atoms. The summed E-state index contributed by atoms with van der Waals surface area (Å²) in [4.78, 5) is 13.2. The number of rotatable bonds is 5. The first-order valence-corrected chi connectivity index (χ1v) is 10.8. The molecule has 1 aliphatic heterocycles. The second-order valence-corrected chi connectivity index (χ2v) is 8.26. The van der Waals surface area contributed by atoms with E-state index in [1.807, 2.05) is 48.5 Å². The molecule has 0 fully saturated rings. The van der Waals surface area contributed by atoms with Gasteiger partial charge >= 0.3 is 0 Å². The SMILES string of the molecule is O=C(CSc1ccc(Cl)cc1)Nc1ccc(-c2nnc3n2CCCCC3)cc1. The van der Waals surface area contributed by atoms with Crippen LogP contribution in [0.25, 0.3) is 11.4 Å². The predicted molar refractivity (Wildman–Crippen MR) is 114 cm³/mol. The van der Waals surface area contributed by atoms with Gasteiger partial charge in [0.1, 0.15) is 5.82 Å². The van der Waals surface area contributed by atoms with Crippen LogP contribution in [0.2, 0.25) is 5.02 Å². The highest BCUT2D eigenvalue weighted by Gasteiger charge is 2.16. The lowest BCUT2D eigenvalue weighted by atomic mass is 10.2. The van der Waals surface area contributed by atoms with Crippen LogP contribution in [0.3, 0.4) is 0 Å². The van der Waals surface area contributed by atoms with Gasteiger partial charge in [0.2, 0.25) is 5.91 Å². The van der Waals surface area contributed by atoms with E-state index in [0.717, 1.165) is 47.2 Å². The summed E-state index contributed by atoms with van der Waals surface area (Å²) in [7, 11) is 0. The van der Waals surface area contributed by atoms with E-state index in [1.54, 1.807) is 0 Å². The molecule has 28 heavy (non-hydrogen) atoms. The molecular formula is C21H21ClN4OS. The molecule has 7 heteroatoms. The van der Waals surface area contributed by atoms with E-state index in [0.29, 0.717) is 10.8 Å². The minimum atomic E-state index is -0.0379. The van der Waals surface area contributed by atoms with E-state index >= 15 is 0 Å². The molecule has 1 aliphatic rings. The Kier molecular flexibility index (Phi) is 5.98. The van der Waals surface area contributed by atoms with Crippen molar-refractivity contribution in [3.8, 4) is 11.4 Å². The molecular weight excluding hydrogens is 392 g/mol. The van der Waals surface area contributed by atoms with Crippen LogP contribution >= 0.6 is 23.4 Å².